The quantitative estimate of drug-likeness (QED) is 0.648. The predicted molar refractivity (Wildman–Crippen MR) is 100 cm³/mol. The van der Waals surface area contributed by atoms with Crippen molar-refractivity contribution < 1.29 is 4.74 Å². The summed E-state index contributed by atoms with van der Waals surface area (Å²) in [6, 6.07) is 9.54. The van der Waals surface area contributed by atoms with E-state index in [4.69, 9.17) is 33.7 Å². The predicted octanol–water partition coefficient (Wildman–Crippen LogP) is 5.01. The molecule has 0 atom stereocenters. The molecule has 1 heterocycles. The Morgan fingerprint density at radius 2 is 1.83 bits per heavy atom. The van der Waals surface area contributed by atoms with Gasteiger partial charge in [0.1, 0.15) is 5.75 Å². The van der Waals surface area contributed by atoms with Gasteiger partial charge in [0.05, 0.1) is 12.1 Å². The number of hydrogen-bond donors (Lipinski definition) is 1. The summed E-state index contributed by atoms with van der Waals surface area (Å²) in [4.78, 5) is 0. The minimum Gasteiger partial charge on any atom is -0.494 e. The Hall–Kier alpha value is -1.91. The summed E-state index contributed by atoms with van der Waals surface area (Å²) in [6.45, 7) is 5.27. The highest BCUT2D eigenvalue weighted by molar-refractivity contribution is 6.32. The van der Waals surface area contributed by atoms with Gasteiger partial charge in [-0.25, -0.2) is 0 Å². The van der Waals surface area contributed by atoms with Gasteiger partial charge in [-0.2, -0.15) is 5.10 Å². The molecule has 0 unspecified atom stereocenters. The van der Waals surface area contributed by atoms with Gasteiger partial charge in [0.15, 0.2) is 5.82 Å². The van der Waals surface area contributed by atoms with E-state index in [9.17, 15) is 0 Å². The zero-order valence-corrected chi connectivity index (χ0v) is 15.2. The van der Waals surface area contributed by atoms with Crippen LogP contribution in [0.25, 0.3) is 10.9 Å². The van der Waals surface area contributed by atoms with Crippen LogP contribution >= 0.6 is 23.2 Å². The number of aromatic nitrogens is 2. The summed E-state index contributed by atoms with van der Waals surface area (Å²) in [5.41, 5.74) is 8.98. The molecule has 0 amide bonds. The van der Waals surface area contributed by atoms with Crippen LogP contribution in [-0.2, 0) is 6.54 Å². The second kappa shape index (κ2) is 6.91. The monoisotopic (exact) mass is 363 g/mol. The lowest BCUT2D eigenvalue weighted by Gasteiger charge is -2.10. The number of benzene rings is 2. The van der Waals surface area contributed by atoms with E-state index in [1.807, 2.05) is 48.9 Å². The zero-order chi connectivity index (χ0) is 17.3. The summed E-state index contributed by atoms with van der Waals surface area (Å²) in [6.07, 6.45) is 0.819. The maximum Gasteiger partial charge on any atom is 0.153 e. The molecular formula is C18H19Cl2N3O. The first-order valence-electron chi connectivity index (χ1n) is 7.77. The molecule has 2 N–H and O–H groups in total. The van der Waals surface area contributed by atoms with Gasteiger partial charge < -0.3 is 10.5 Å². The fraction of sp³-hybridized carbons (Fsp3) is 0.278. The number of nitrogen functional groups attached to an aromatic ring is 1. The minimum absolute atomic E-state index is 0.498. The number of nitrogens with two attached hydrogens (primary N) is 1. The molecule has 0 saturated carbocycles. The Balaban J connectivity index is 1.63. The van der Waals surface area contributed by atoms with Crippen molar-refractivity contribution in [2.24, 2.45) is 0 Å². The highest BCUT2D eigenvalue weighted by Crippen LogP contribution is 2.26. The van der Waals surface area contributed by atoms with E-state index in [0.717, 1.165) is 45.8 Å². The van der Waals surface area contributed by atoms with Crippen molar-refractivity contribution in [1.82, 2.24) is 9.78 Å². The van der Waals surface area contributed by atoms with E-state index in [1.165, 1.54) is 0 Å². The number of halogens is 2. The van der Waals surface area contributed by atoms with E-state index in [2.05, 4.69) is 5.10 Å². The van der Waals surface area contributed by atoms with E-state index >= 15 is 0 Å². The average Bonchev–Trinajstić information content (AvgIpc) is 2.85. The van der Waals surface area contributed by atoms with Gasteiger partial charge in [-0.05, 0) is 55.3 Å². The van der Waals surface area contributed by atoms with Crippen molar-refractivity contribution in [2.45, 2.75) is 26.8 Å². The van der Waals surface area contributed by atoms with Crippen LogP contribution in [0.3, 0.4) is 0 Å². The highest BCUT2D eigenvalue weighted by atomic mass is 35.5. The van der Waals surface area contributed by atoms with Crippen molar-refractivity contribution >= 4 is 39.9 Å². The molecular weight excluding hydrogens is 345 g/mol. The van der Waals surface area contributed by atoms with Gasteiger partial charge in [0.25, 0.3) is 0 Å². The lowest BCUT2D eigenvalue weighted by molar-refractivity contribution is 0.299. The first kappa shape index (κ1) is 16.9. The molecule has 0 aliphatic rings. The zero-order valence-electron chi connectivity index (χ0n) is 13.6. The molecule has 0 spiro atoms. The second-order valence-corrected chi connectivity index (χ2v) is 6.66. The summed E-state index contributed by atoms with van der Waals surface area (Å²) >= 11 is 12.2. The Labute approximate surface area is 151 Å². The van der Waals surface area contributed by atoms with Crippen molar-refractivity contribution in [3.05, 3.63) is 51.5 Å². The number of ether oxygens (including phenoxy) is 1. The van der Waals surface area contributed by atoms with Crippen LogP contribution in [0.1, 0.15) is 17.5 Å². The first-order chi connectivity index (χ1) is 11.5. The molecule has 0 saturated heterocycles. The number of aryl methyl sites for hydroxylation is 3. The maximum atomic E-state index is 6.17. The van der Waals surface area contributed by atoms with Crippen molar-refractivity contribution in [1.29, 1.82) is 0 Å². The third-order valence-corrected chi connectivity index (χ3v) is 4.77. The van der Waals surface area contributed by atoms with E-state index < -0.39 is 0 Å². The highest BCUT2D eigenvalue weighted by Gasteiger charge is 2.08. The Bertz CT molecular complexity index is 866. The Morgan fingerprint density at radius 1 is 1.12 bits per heavy atom. The van der Waals surface area contributed by atoms with Crippen molar-refractivity contribution in [2.75, 3.05) is 12.3 Å². The molecule has 0 aliphatic heterocycles. The molecule has 0 radical (unpaired) electrons. The normalized spacial score (nSPS) is 11.2. The molecule has 3 aromatic rings. The van der Waals surface area contributed by atoms with E-state index in [1.54, 1.807) is 0 Å². The standard InChI is InChI=1S/C18H19Cl2N3O/c1-11-8-14(9-12(2)17(11)20)24-7-3-6-23-16-5-4-13(19)10-15(16)18(21)22-23/h4-5,8-10H,3,6-7H2,1-2H3,(H2,21,22). The van der Waals surface area contributed by atoms with Crippen LogP contribution in [0.2, 0.25) is 10.0 Å². The van der Waals surface area contributed by atoms with Crippen LogP contribution in [0.5, 0.6) is 5.75 Å². The smallest absolute Gasteiger partial charge is 0.153 e. The molecule has 6 heteroatoms. The molecule has 0 fully saturated rings. The number of nitrogens with zero attached hydrogens (tertiary/aromatic N) is 2. The summed E-state index contributed by atoms with van der Waals surface area (Å²) in [7, 11) is 0. The van der Waals surface area contributed by atoms with Crippen molar-refractivity contribution in [3.63, 3.8) is 0 Å². The van der Waals surface area contributed by atoms with Crippen LogP contribution in [0, 0.1) is 13.8 Å². The van der Waals surface area contributed by atoms with Gasteiger partial charge in [0.2, 0.25) is 0 Å². The minimum atomic E-state index is 0.498. The van der Waals surface area contributed by atoms with Crippen LogP contribution < -0.4 is 10.5 Å². The number of hydrogen-bond acceptors (Lipinski definition) is 3. The molecule has 2 aromatic carbocycles. The average molecular weight is 364 g/mol. The molecule has 0 bridgehead atoms. The van der Waals surface area contributed by atoms with E-state index in [-0.39, 0.29) is 0 Å². The maximum absolute atomic E-state index is 6.17. The fourth-order valence-electron chi connectivity index (χ4n) is 2.74. The second-order valence-electron chi connectivity index (χ2n) is 5.84. The van der Waals surface area contributed by atoms with Gasteiger partial charge in [-0.3, -0.25) is 4.68 Å². The van der Waals surface area contributed by atoms with Gasteiger partial charge >= 0.3 is 0 Å². The molecule has 1 aromatic heterocycles. The third-order valence-electron chi connectivity index (χ3n) is 3.93. The van der Waals surface area contributed by atoms with Crippen LogP contribution in [0.4, 0.5) is 5.82 Å². The third kappa shape index (κ3) is 3.45. The summed E-state index contributed by atoms with van der Waals surface area (Å²) in [5.74, 6) is 1.34. The van der Waals surface area contributed by atoms with E-state index in [0.29, 0.717) is 17.4 Å². The van der Waals surface area contributed by atoms with Crippen LogP contribution in [-0.4, -0.2) is 16.4 Å². The Kier molecular flexibility index (Phi) is 4.88. The molecule has 4 nitrogen and oxygen atoms in total. The number of rotatable bonds is 5. The topological polar surface area (TPSA) is 53.1 Å². The molecule has 24 heavy (non-hydrogen) atoms. The van der Waals surface area contributed by atoms with Gasteiger partial charge in [-0.15, -0.1) is 0 Å². The molecule has 0 aliphatic carbocycles. The summed E-state index contributed by atoms with van der Waals surface area (Å²) in [5, 5.41) is 6.71. The lowest BCUT2D eigenvalue weighted by atomic mass is 10.1. The number of anilines is 1. The molecule has 3 rings (SSSR count). The van der Waals surface area contributed by atoms with Crippen molar-refractivity contribution in [3.8, 4) is 5.75 Å². The summed E-state index contributed by atoms with van der Waals surface area (Å²) < 4.78 is 7.72. The lowest BCUT2D eigenvalue weighted by Crippen LogP contribution is -2.06. The Morgan fingerprint density at radius 3 is 2.54 bits per heavy atom. The largest absolute Gasteiger partial charge is 0.494 e. The van der Waals surface area contributed by atoms with Gasteiger partial charge in [0, 0.05) is 28.4 Å². The number of fused-ring (bicyclic) bond motifs is 1. The van der Waals surface area contributed by atoms with Crippen LogP contribution in [0.15, 0.2) is 30.3 Å². The molecule has 126 valence electrons. The first-order valence-corrected chi connectivity index (χ1v) is 8.52. The SMILES string of the molecule is Cc1cc(OCCCn2nc(N)c3cc(Cl)ccc32)cc(C)c1Cl. The fourth-order valence-corrected chi connectivity index (χ4v) is 3.02. The van der Waals surface area contributed by atoms with Gasteiger partial charge in [-0.1, -0.05) is 23.2 Å².